The van der Waals surface area contributed by atoms with Crippen molar-refractivity contribution < 1.29 is 18.0 Å². The summed E-state index contributed by atoms with van der Waals surface area (Å²) in [5.41, 5.74) is 1.10. The monoisotopic (exact) mass is 266 g/mol. The lowest BCUT2D eigenvalue weighted by atomic mass is 10.2. The molecule has 94 valence electrons. The molecule has 0 spiro atoms. The molecule has 0 fully saturated rings. The minimum Gasteiger partial charge on any atom is -0.329 e. The number of urea groups is 1. The van der Waals surface area contributed by atoms with Crippen molar-refractivity contribution in [1.29, 1.82) is 0 Å². The predicted molar refractivity (Wildman–Crippen MR) is 59.3 cm³/mol. The second-order valence-electron chi connectivity index (χ2n) is 3.41. The first-order valence-electron chi connectivity index (χ1n) is 4.66. The van der Waals surface area contributed by atoms with Gasteiger partial charge in [0.2, 0.25) is 0 Å². The van der Waals surface area contributed by atoms with Gasteiger partial charge in [0.25, 0.3) is 0 Å². The third kappa shape index (κ3) is 4.95. The van der Waals surface area contributed by atoms with Gasteiger partial charge in [-0.1, -0.05) is 17.7 Å². The number of hydrogen-bond donors (Lipinski definition) is 2. The molecule has 3 nitrogen and oxygen atoms in total. The molecule has 0 heterocycles. The maximum absolute atomic E-state index is 11.8. The lowest BCUT2D eigenvalue weighted by molar-refractivity contribution is -0.122. The molecule has 0 radical (unpaired) electrons. The van der Waals surface area contributed by atoms with E-state index in [1.807, 2.05) is 0 Å². The Labute approximate surface area is 101 Å². The van der Waals surface area contributed by atoms with E-state index in [2.05, 4.69) is 5.32 Å². The molecule has 0 aliphatic carbocycles. The van der Waals surface area contributed by atoms with Gasteiger partial charge in [-0.25, -0.2) is 4.79 Å². The SMILES string of the molecule is Cc1ccc(Cl)c(NC(=O)NCC(F)(F)F)c1. The Morgan fingerprint density at radius 2 is 2.06 bits per heavy atom. The standard InChI is InChI=1S/C10H10ClF3N2O/c1-6-2-3-7(11)8(4-6)16-9(17)15-5-10(12,13)14/h2-4H,5H2,1H3,(H2,15,16,17). The maximum atomic E-state index is 11.8. The van der Waals surface area contributed by atoms with Crippen molar-refractivity contribution in [3.8, 4) is 0 Å². The van der Waals surface area contributed by atoms with Crippen molar-refractivity contribution >= 4 is 23.3 Å². The Bertz CT molecular complexity index is 421. The lowest BCUT2D eigenvalue weighted by Gasteiger charge is -2.11. The molecule has 1 aromatic carbocycles. The van der Waals surface area contributed by atoms with Crippen LogP contribution in [0.1, 0.15) is 5.56 Å². The van der Waals surface area contributed by atoms with Crippen LogP contribution in [0.25, 0.3) is 0 Å². The molecule has 0 unspecified atom stereocenters. The van der Waals surface area contributed by atoms with Crippen molar-refractivity contribution in [1.82, 2.24) is 5.32 Å². The molecule has 0 aliphatic rings. The number of halogens is 4. The highest BCUT2D eigenvalue weighted by Gasteiger charge is 2.27. The second kappa shape index (κ2) is 5.27. The summed E-state index contributed by atoms with van der Waals surface area (Å²) in [6, 6.07) is 3.89. The van der Waals surface area contributed by atoms with Crippen molar-refractivity contribution in [2.75, 3.05) is 11.9 Å². The highest BCUT2D eigenvalue weighted by Crippen LogP contribution is 2.22. The first-order valence-corrected chi connectivity index (χ1v) is 5.03. The van der Waals surface area contributed by atoms with Gasteiger partial charge in [0, 0.05) is 0 Å². The van der Waals surface area contributed by atoms with Crippen LogP contribution >= 0.6 is 11.6 Å². The van der Waals surface area contributed by atoms with Crippen LogP contribution in [0.3, 0.4) is 0 Å². The number of anilines is 1. The van der Waals surface area contributed by atoms with Gasteiger partial charge in [-0.15, -0.1) is 0 Å². The Kier molecular flexibility index (Phi) is 4.22. The summed E-state index contributed by atoms with van der Waals surface area (Å²) < 4.78 is 35.5. The molecule has 0 bridgehead atoms. The quantitative estimate of drug-likeness (QED) is 0.847. The zero-order chi connectivity index (χ0) is 13.1. The zero-order valence-electron chi connectivity index (χ0n) is 8.86. The highest BCUT2D eigenvalue weighted by atomic mass is 35.5. The van der Waals surface area contributed by atoms with Crippen LogP contribution in [0.4, 0.5) is 23.7 Å². The Morgan fingerprint density at radius 3 is 2.65 bits per heavy atom. The Balaban J connectivity index is 2.59. The van der Waals surface area contributed by atoms with Crippen molar-refractivity contribution in [3.63, 3.8) is 0 Å². The van der Waals surface area contributed by atoms with Crippen LogP contribution in [-0.2, 0) is 0 Å². The van der Waals surface area contributed by atoms with Gasteiger partial charge in [-0.05, 0) is 24.6 Å². The summed E-state index contributed by atoms with van der Waals surface area (Å²) in [5.74, 6) is 0. The van der Waals surface area contributed by atoms with Gasteiger partial charge in [-0.3, -0.25) is 0 Å². The zero-order valence-corrected chi connectivity index (χ0v) is 9.62. The molecule has 0 aliphatic heterocycles. The molecule has 1 aromatic rings. The summed E-state index contributed by atoms with van der Waals surface area (Å²) in [4.78, 5) is 11.1. The van der Waals surface area contributed by atoms with Crippen molar-refractivity contribution in [2.24, 2.45) is 0 Å². The van der Waals surface area contributed by atoms with Gasteiger partial charge in [0.1, 0.15) is 6.54 Å². The fourth-order valence-electron chi connectivity index (χ4n) is 1.08. The molecule has 0 aromatic heterocycles. The number of carbonyl (C=O) groups is 1. The largest absolute Gasteiger partial charge is 0.405 e. The summed E-state index contributed by atoms with van der Waals surface area (Å²) in [7, 11) is 0. The number of amides is 2. The summed E-state index contributed by atoms with van der Waals surface area (Å²) >= 11 is 5.77. The third-order valence-electron chi connectivity index (χ3n) is 1.82. The molecule has 2 amide bonds. The second-order valence-corrected chi connectivity index (χ2v) is 3.81. The smallest absolute Gasteiger partial charge is 0.329 e. The number of carbonyl (C=O) groups excluding carboxylic acids is 1. The number of benzene rings is 1. The van der Waals surface area contributed by atoms with E-state index in [1.165, 1.54) is 0 Å². The van der Waals surface area contributed by atoms with E-state index in [1.54, 1.807) is 30.4 Å². The topological polar surface area (TPSA) is 41.1 Å². The summed E-state index contributed by atoms with van der Waals surface area (Å²) in [6.45, 7) is 0.386. The first kappa shape index (κ1) is 13.6. The molecular formula is C10H10ClF3N2O. The van der Waals surface area contributed by atoms with Crippen LogP contribution in [0.15, 0.2) is 18.2 Å². The normalized spacial score (nSPS) is 11.1. The molecule has 2 N–H and O–H groups in total. The first-order chi connectivity index (χ1) is 7.78. The Morgan fingerprint density at radius 1 is 1.41 bits per heavy atom. The minimum absolute atomic E-state index is 0.262. The van der Waals surface area contributed by atoms with E-state index in [-0.39, 0.29) is 10.7 Å². The van der Waals surface area contributed by atoms with Gasteiger partial charge < -0.3 is 10.6 Å². The van der Waals surface area contributed by atoms with Gasteiger partial charge in [0.05, 0.1) is 10.7 Å². The lowest BCUT2D eigenvalue weighted by Crippen LogP contribution is -2.36. The van der Waals surface area contributed by atoms with Crippen molar-refractivity contribution in [2.45, 2.75) is 13.1 Å². The van der Waals surface area contributed by atoms with Gasteiger partial charge >= 0.3 is 12.2 Å². The Hall–Kier alpha value is -1.43. The molecule has 7 heteroatoms. The number of aryl methyl sites for hydroxylation is 1. The minimum atomic E-state index is -4.44. The van der Waals surface area contributed by atoms with Crippen LogP contribution in [-0.4, -0.2) is 18.8 Å². The molecular weight excluding hydrogens is 257 g/mol. The number of hydrogen-bond acceptors (Lipinski definition) is 1. The number of alkyl halides is 3. The van der Waals surface area contributed by atoms with E-state index in [0.717, 1.165) is 5.56 Å². The third-order valence-corrected chi connectivity index (χ3v) is 2.15. The fraction of sp³-hybridized carbons (Fsp3) is 0.300. The van der Waals surface area contributed by atoms with E-state index < -0.39 is 18.8 Å². The van der Waals surface area contributed by atoms with E-state index >= 15 is 0 Å². The van der Waals surface area contributed by atoms with Crippen molar-refractivity contribution in [3.05, 3.63) is 28.8 Å². The maximum Gasteiger partial charge on any atom is 0.405 e. The average Bonchev–Trinajstić information content (AvgIpc) is 2.20. The van der Waals surface area contributed by atoms with Crippen LogP contribution in [0.2, 0.25) is 5.02 Å². The molecule has 0 atom stereocenters. The van der Waals surface area contributed by atoms with Gasteiger partial charge in [-0.2, -0.15) is 13.2 Å². The van der Waals surface area contributed by atoms with E-state index in [0.29, 0.717) is 0 Å². The molecule has 0 saturated carbocycles. The van der Waals surface area contributed by atoms with E-state index in [4.69, 9.17) is 11.6 Å². The van der Waals surface area contributed by atoms with E-state index in [9.17, 15) is 18.0 Å². The average molecular weight is 267 g/mol. The van der Waals surface area contributed by atoms with Crippen LogP contribution in [0, 0.1) is 6.92 Å². The molecule has 17 heavy (non-hydrogen) atoms. The highest BCUT2D eigenvalue weighted by molar-refractivity contribution is 6.33. The van der Waals surface area contributed by atoms with Crippen LogP contribution < -0.4 is 10.6 Å². The summed E-state index contributed by atoms with van der Waals surface area (Å²) in [6.07, 6.45) is -4.44. The number of nitrogens with one attached hydrogen (secondary N) is 2. The fourth-order valence-corrected chi connectivity index (χ4v) is 1.25. The van der Waals surface area contributed by atoms with Crippen LogP contribution in [0.5, 0.6) is 0 Å². The predicted octanol–water partition coefficient (Wildman–Crippen LogP) is 3.33. The number of rotatable bonds is 2. The van der Waals surface area contributed by atoms with Gasteiger partial charge in [0.15, 0.2) is 0 Å². The molecule has 0 saturated heterocycles. The molecule has 1 rings (SSSR count). The summed E-state index contributed by atoms with van der Waals surface area (Å²) in [5, 5.41) is 4.19.